The van der Waals surface area contributed by atoms with Gasteiger partial charge in [-0.3, -0.25) is 0 Å². The fourth-order valence-corrected chi connectivity index (χ4v) is 1.34. The molecule has 3 N–H and O–H groups in total. The van der Waals surface area contributed by atoms with Gasteiger partial charge in [0.05, 0.1) is 12.6 Å². The van der Waals surface area contributed by atoms with E-state index in [2.05, 4.69) is 15.6 Å². The molecular formula is C11H17F2N3O. The number of halogens is 2. The van der Waals surface area contributed by atoms with E-state index in [-0.39, 0.29) is 30.2 Å². The lowest BCUT2D eigenvalue weighted by Crippen LogP contribution is -2.30. The van der Waals surface area contributed by atoms with Gasteiger partial charge in [0.1, 0.15) is 0 Å². The Morgan fingerprint density at radius 3 is 2.35 bits per heavy atom. The van der Waals surface area contributed by atoms with E-state index in [0.717, 1.165) is 6.07 Å². The molecule has 0 aliphatic carbocycles. The highest BCUT2D eigenvalue weighted by molar-refractivity contribution is 5.47. The third-order valence-corrected chi connectivity index (χ3v) is 2.49. The second kappa shape index (κ2) is 5.77. The van der Waals surface area contributed by atoms with E-state index in [4.69, 9.17) is 5.11 Å². The molecule has 0 radical (unpaired) electrons. The minimum atomic E-state index is -0.777. The van der Waals surface area contributed by atoms with Crippen molar-refractivity contribution in [3.63, 3.8) is 0 Å². The van der Waals surface area contributed by atoms with Gasteiger partial charge in [0, 0.05) is 13.1 Å². The van der Waals surface area contributed by atoms with E-state index in [1.54, 1.807) is 0 Å². The second-order valence-corrected chi connectivity index (χ2v) is 4.08. The van der Waals surface area contributed by atoms with Crippen LogP contribution in [0.1, 0.15) is 13.8 Å². The fourth-order valence-electron chi connectivity index (χ4n) is 1.34. The lowest BCUT2D eigenvalue weighted by molar-refractivity contribution is 0.248. The summed E-state index contributed by atoms with van der Waals surface area (Å²) in [6.45, 7) is 3.62. The van der Waals surface area contributed by atoms with Crippen molar-refractivity contribution < 1.29 is 13.9 Å². The predicted octanol–water partition coefficient (Wildman–Crippen LogP) is 1.83. The van der Waals surface area contributed by atoms with Crippen molar-refractivity contribution in [1.29, 1.82) is 0 Å². The highest BCUT2D eigenvalue weighted by Gasteiger charge is 2.17. The van der Waals surface area contributed by atoms with Gasteiger partial charge in [-0.15, -0.1) is 0 Å². The van der Waals surface area contributed by atoms with Crippen molar-refractivity contribution in [2.24, 2.45) is 5.92 Å². The van der Waals surface area contributed by atoms with Crippen molar-refractivity contribution in [2.45, 2.75) is 19.9 Å². The van der Waals surface area contributed by atoms with Crippen molar-refractivity contribution in [1.82, 2.24) is 4.98 Å². The molecule has 1 atom stereocenters. The smallest absolute Gasteiger partial charge is 0.168 e. The molecule has 0 bridgehead atoms. The van der Waals surface area contributed by atoms with Crippen molar-refractivity contribution in [3.05, 3.63) is 17.7 Å². The summed E-state index contributed by atoms with van der Waals surface area (Å²) in [5.41, 5.74) is 0. The number of hydrogen-bond acceptors (Lipinski definition) is 4. The molecule has 0 aliphatic rings. The minimum absolute atomic E-state index is 0.0330. The van der Waals surface area contributed by atoms with Crippen LogP contribution in [0.5, 0.6) is 0 Å². The summed E-state index contributed by atoms with van der Waals surface area (Å²) in [5.74, 6) is -1.52. The molecule has 4 nitrogen and oxygen atoms in total. The van der Waals surface area contributed by atoms with Gasteiger partial charge in [0.2, 0.25) is 0 Å². The zero-order valence-electron chi connectivity index (χ0n) is 10.1. The normalized spacial score (nSPS) is 12.6. The molecule has 0 saturated heterocycles. The van der Waals surface area contributed by atoms with E-state index < -0.39 is 11.6 Å². The van der Waals surface area contributed by atoms with Gasteiger partial charge in [-0.05, 0) is 5.92 Å². The van der Waals surface area contributed by atoms with Crippen LogP contribution in [0, 0.1) is 17.6 Å². The zero-order chi connectivity index (χ0) is 13.0. The van der Waals surface area contributed by atoms with Gasteiger partial charge in [-0.25, -0.2) is 13.8 Å². The van der Waals surface area contributed by atoms with Gasteiger partial charge in [0.25, 0.3) is 0 Å². The van der Waals surface area contributed by atoms with Crippen LogP contribution < -0.4 is 10.6 Å². The van der Waals surface area contributed by atoms with Gasteiger partial charge in [-0.1, -0.05) is 13.8 Å². The first-order valence-corrected chi connectivity index (χ1v) is 5.40. The molecule has 17 heavy (non-hydrogen) atoms. The summed E-state index contributed by atoms with van der Waals surface area (Å²) in [6.07, 6.45) is 0. The zero-order valence-corrected chi connectivity index (χ0v) is 10.1. The van der Waals surface area contributed by atoms with Crippen LogP contribution in [-0.4, -0.2) is 29.8 Å². The monoisotopic (exact) mass is 245 g/mol. The Bertz CT molecular complexity index is 385. The number of nitrogens with one attached hydrogen (secondary N) is 2. The van der Waals surface area contributed by atoms with E-state index in [1.165, 1.54) is 7.05 Å². The van der Waals surface area contributed by atoms with E-state index in [1.807, 2.05) is 13.8 Å². The molecular weight excluding hydrogens is 228 g/mol. The lowest BCUT2D eigenvalue weighted by Gasteiger charge is -2.21. The standard InChI is InChI=1S/C11H17F2N3O/c1-6(2)9(5-17)15-11-8(13)4-7(12)10(14-3)16-11/h4,6,9,17H,5H2,1-3H3,(H2,14,15,16). The summed E-state index contributed by atoms with van der Waals surface area (Å²) in [4.78, 5) is 3.78. The third-order valence-electron chi connectivity index (χ3n) is 2.49. The Hall–Kier alpha value is -1.43. The van der Waals surface area contributed by atoms with Crippen LogP contribution in [0.25, 0.3) is 0 Å². The van der Waals surface area contributed by atoms with E-state index >= 15 is 0 Å². The maximum atomic E-state index is 13.5. The summed E-state index contributed by atoms with van der Waals surface area (Å²) in [6, 6.07) is 0.433. The highest BCUT2D eigenvalue weighted by Crippen LogP contribution is 2.20. The number of nitrogens with zero attached hydrogens (tertiary/aromatic N) is 1. The molecule has 0 aliphatic heterocycles. The van der Waals surface area contributed by atoms with Crippen molar-refractivity contribution >= 4 is 11.6 Å². The first-order valence-electron chi connectivity index (χ1n) is 5.40. The van der Waals surface area contributed by atoms with E-state index in [0.29, 0.717) is 0 Å². The van der Waals surface area contributed by atoms with Crippen LogP contribution in [-0.2, 0) is 0 Å². The first-order chi connectivity index (χ1) is 7.99. The van der Waals surface area contributed by atoms with Crippen LogP contribution in [0.15, 0.2) is 6.07 Å². The molecule has 1 heterocycles. The first kappa shape index (κ1) is 13.6. The number of aliphatic hydroxyl groups is 1. The molecule has 1 aromatic rings. The number of aromatic nitrogens is 1. The molecule has 0 amide bonds. The average molecular weight is 245 g/mol. The molecule has 0 aromatic carbocycles. The maximum absolute atomic E-state index is 13.5. The topological polar surface area (TPSA) is 57.2 Å². The SMILES string of the molecule is CNc1nc(NC(CO)C(C)C)c(F)cc1F. The number of pyridine rings is 1. The lowest BCUT2D eigenvalue weighted by atomic mass is 10.1. The Labute approximate surface area is 99.1 Å². The molecule has 6 heteroatoms. The van der Waals surface area contributed by atoms with Gasteiger partial charge < -0.3 is 15.7 Å². The van der Waals surface area contributed by atoms with Gasteiger partial charge >= 0.3 is 0 Å². The van der Waals surface area contributed by atoms with Gasteiger partial charge in [-0.2, -0.15) is 0 Å². The molecule has 0 fully saturated rings. The summed E-state index contributed by atoms with van der Waals surface area (Å²) in [5, 5.41) is 14.4. The Morgan fingerprint density at radius 1 is 1.29 bits per heavy atom. The minimum Gasteiger partial charge on any atom is -0.394 e. The van der Waals surface area contributed by atoms with Crippen LogP contribution in [0.4, 0.5) is 20.4 Å². The third kappa shape index (κ3) is 3.26. The predicted molar refractivity (Wildman–Crippen MR) is 63.0 cm³/mol. The van der Waals surface area contributed by atoms with E-state index in [9.17, 15) is 8.78 Å². The average Bonchev–Trinajstić information content (AvgIpc) is 2.27. The largest absolute Gasteiger partial charge is 0.394 e. The quantitative estimate of drug-likeness (QED) is 0.740. The Balaban J connectivity index is 2.97. The maximum Gasteiger partial charge on any atom is 0.168 e. The van der Waals surface area contributed by atoms with Gasteiger partial charge in [0.15, 0.2) is 23.3 Å². The fraction of sp³-hybridized carbons (Fsp3) is 0.545. The van der Waals surface area contributed by atoms with Crippen molar-refractivity contribution in [2.75, 3.05) is 24.3 Å². The highest BCUT2D eigenvalue weighted by atomic mass is 19.1. The molecule has 1 unspecified atom stereocenters. The number of aliphatic hydroxyl groups excluding tert-OH is 1. The molecule has 1 rings (SSSR count). The summed E-state index contributed by atoms with van der Waals surface area (Å²) in [7, 11) is 1.50. The molecule has 1 aromatic heterocycles. The number of anilines is 2. The van der Waals surface area contributed by atoms with Crippen LogP contribution >= 0.6 is 0 Å². The number of rotatable bonds is 5. The number of hydrogen-bond donors (Lipinski definition) is 3. The molecule has 0 spiro atoms. The summed E-state index contributed by atoms with van der Waals surface area (Å²) < 4.78 is 26.6. The Kier molecular flexibility index (Phi) is 4.62. The second-order valence-electron chi connectivity index (χ2n) is 4.08. The van der Waals surface area contributed by atoms with Crippen LogP contribution in [0.2, 0.25) is 0 Å². The molecule has 0 saturated carbocycles. The molecule has 96 valence electrons. The van der Waals surface area contributed by atoms with Crippen LogP contribution in [0.3, 0.4) is 0 Å². The Morgan fingerprint density at radius 2 is 1.88 bits per heavy atom. The summed E-state index contributed by atoms with van der Waals surface area (Å²) >= 11 is 0. The van der Waals surface area contributed by atoms with Crippen molar-refractivity contribution in [3.8, 4) is 0 Å².